The summed E-state index contributed by atoms with van der Waals surface area (Å²) in [6.07, 6.45) is 3.39. The highest BCUT2D eigenvalue weighted by Crippen LogP contribution is 2.20. The van der Waals surface area contributed by atoms with E-state index in [9.17, 15) is 9.59 Å². The van der Waals surface area contributed by atoms with E-state index in [2.05, 4.69) is 10.2 Å². The molecule has 0 saturated carbocycles. The summed E-state index contributed by atoms with van der Waals surface area (Å²) >= 11 is 0. The van der Waals surface area contributed by atoms with Crippen LogP contribution >= 0.6 is 0 Å². The van der Waals surface area contributed by atoms with Crippen LogP contribution in [0.4, 0.5) is 0 Å². The molecule has 2 rings (SSSR count). The van der Waals surface area contributed by atoms with Crippen molar-refractivity contribution in [2.24, 2.45) is 0 Å². The predicted molar refractivity (Wildman–Crippen MR) is 52.8 cm³/mol. The van der Waals surface area contributed by atoms with E-state index in [1.807, 2.05) is 0 Å². The van der Waals surface area contributed by atoms with Crippen molar-refractivity contribution in [1.82, 2.24) is 10.2 Å². The van der Waals surface area contributed by atoms with E-state index in [0.29, 0.717) is 5.69 Å². The Balaban J connectivity index is 2.48. The fraction of sp³-hybridized carbons (Fsp3) is 0.500. The van der Waals surface area contributed by atoms with Crippen LogP contribution < -0.4 is 5.56 Å². The van der Waals surface area contributed by atoms with Crippen LogP contribution in [0.2, 0.25) is 0 Å². The van der Waals surface area contributed by atoms with Crippen LogP contribution in [0.15, 0.2) is 4.79 Å². The molecule has 0 atom stereocenters. The van der Waals surface area contributed by atoms with Gasteiger partial charge in [0.25, 0.3) is 5.56 Å². The van der Waals surface area contributed by atoms with Crippen LogP contribution in [0.3, 0.4) is 0 Å². The molecule has 1 heterocycles. The molecule has 0 bridgehead atoms. The molecular weight excluding hydrogens is 196 g/mol. The minimum atomic E-state index is -0.915. The largest absolute Gasteiger partial charge is 0.481 e. The molecule has 0 aromatic carbocycles. The average Bonchev–Trinajstić information content (AvgIpc) is 2.22. The van der Waals surface area contributed by atoms with Crippen LogP contribution in [-0.2, 0) is 24.1 Å². The quantitative estimate of drug-likeness (QED) is 0.731. The van der Waals surface area contributed by atoms with Gasteiger partial charge in [0.05, 0.1) is 12.1 Å². The Bertz CT molecular complexity index is 450. The van der Waals surface area contributed by atoms with Gasteiger partial charge in [0.15, 0.2) is 0 Å². The van der Waals surface area contributed by atoms with E-state index in [4.69, 9.17) is 5.11 Å². The maximum atomic E-state index is 11.4. The zero-order valence-corrected chi connectivity index (χ0v) is 8.25. The summed E-state index contributed by atoms with van der Waals surface area (Å²) in [5, 5.41) is 14.9. The van der Waals surface area contributed by atoms with E-state index in [1.165, 1.54) is 0 Å². The van der Waals surface area contributed by atoms with Gasteiger partial charge in [0.1, 0.15) is 0 Å². The Morgan fingerprint density at radius 1 is 1.33 bits per heavy atom. The molecule has 15 heavy (non-hydrogen) atoms. The van der Waals surface area contributed by atoms with Gasteiger partial charge in [0.2, 0.25) is 0 Å². The number of fused-ring (bicyclic) bond motifs is 1. The number of aromatic nitrogens is 2. The van der Waals surface area contributed by atoms with E-state index in [1.54, 1.807) is 0 Å². The molecule has 1 aromatic rings. The molecule has 0 radical (unpaired) electrons. The van der Waals surface area contributed by atoms with Gasteiger partial charge in [-0.25, -0.2) is 5.10 Å². The maximum absolute atomic E-state index is 11.4. The molecule has 5 nitrogen and oxygen atoms in total. The van der Waals surface area contributed by atoms with Crippen molar-refractivity contribution in [2.75, 3.05) is 0 Å². The molecule has 0 spiro atoms. The standard InChI is InChI=1S/C10H12N2O3/c13-9(14)5-8-6-3-1-2-4-7(6)10(15)12-11-8/h1-5H2,(H,12,15)(H,13,14). The number of hydrogen-bond acceptors (Lipinski definition) is 3. The van der Waals surface area contributed by atoms with E-state index in [-0.39, 0.29) is 12.0 Å². The van der Waals surface area contributed by atoms with Gasteiger partial charge in [-0.3, -0.25) is 9.59 Å². The lowest BCUT2D eigenvalue weighted by molar-refractivity contribution is -0.136. The minimum Gasteiger partial charge on any atom is -0.481 e. The van der Waals surface area contributed by atoms with Gasteiger partial charge in [-0.1, -0.05) is 0 Å². The fourth-order valence-electron chi connectivity index (χ4n) is 2.02. The molecule has 1 aliphatic carbocycles. The number of aliphatic carboxylic acids is 1. The number of H-pyrrole nitrogens is 1. The second kappa shape index (κ2) is 3.84. The summed E-state index contributed by atoms with van der Waals surface area (Å²) in [6.45, 7) is 0. The average molecular weight is 208 g/mol. The molecule has 1 aromatic heterocycles. The van der Waals surface area contributed by atoms with Crippen LogP contribution in [0.1, 0.15) is 29.7 Å². The topological polar surface area (TPSA) is 83.0 Å². The minimum absolute atomic E-state index is 0.112. The third-order valence-corrected chi connectivity index (χ3v) is 2.70. The molecule has 80 valence electrons. The first kappa shape index (κ1) is 9.89. The lowest BCUT2D eigenvalue weighted by atomic mass is 9.91. The molecule has 0 amide bonds. The molecule has 0 aliphatic heterocycles. The lowest BCUT2D eigenvalue weighted by Gasteiger charge is -2.16. The van der Waals surface area contributed by atoms with Crippen LogP contribution in [0, 0.1) is 0 Å². The Morgan fingerprint density at radius 2 is 2.00 bits per heavy atom. The number of hydrogen-bond donors (Lipinski definition) is 2. The first-order valence-electron chi connectivity index (χ1n) is 4.99. The van der Waals surface area contributed by atoms with E-state index >= 15 is 0 Å². The van der Waals surface area contributed by atoms with Gasteiger partial charge in [-0.15, -0.1) is 0 Å². The number of carbonyl (C=O) groups is 1. The molecule has 0 saturated heterocycles. The summed E-state index contributed by atoms with van der Waals surface area (Å²) in [5.41, 5.74) is 1.93. The normalized spacial score (nSPS) is 14.7. The highest BCUT2D eigenvalue weighted by molar-refractivity contribution is 5.70. The zero-order valence-electron chi connectivity index (χ0n) is 8.25. The van der Waals surface area contributed by atoms with E-state index in [0.717, 1.165) is 36.8 Å². The Kier molecular flexibility index (Phi) is 2.53. The molecule has 2 N–H and O–H groups in total. The number of carboxylic acids is 1. The van der Waals surface area contributed by atoms with Gasteiger partial charge < -0.3 is 5.11 Å². The summed E-state index contributed by atoms with van der Waals surface area (Å²) in [4.78, 5) is 22.0. The van der Waals surface area contributed by atoms with Crippen molar-refractivity contribution in [3.05, 3.63) is 27.2 Å². The Hall–Kier alpha value is -1.65. The molecule has 1 aliphatic rings. The lowest BCUT2D eigenvalue weighted by Crippen LogP contribution is -2.23. The van der Waals surface area contributed by atoms with E-state index < -0.39 is 5.97 Å². The van der Waals surface area contributed by atoms with Crippen molar-refractivity contribution in [3.63, 3.8) is 0 Å². The van der Waals surface area contributed by atoms with Crippen molar-refractivity contribution >= 4 is 5.97 Å². The molecule has 5 heteroatoms. The van der Waals surface area contributed by atoms with Gasteiger partial charge in [-0.05, 0) is 31.2 Å². The van der Waals surface area contributed by atoms with Gasteiger partial charge in [-0.2, -0.15) is 5.10 Å². The van der Waals surface area contributed by atoms with Crippen molar-refractivity contribution in [3.8, 4) is 0 Å². The first-order valence-corrected chi connectivity index (χ1v) is 4.99. The SMILES string of the molecule is O=C(O)Cc1n[nH]c(=O)c2c1CCCC2. The fourth-order valence-corrected chi connectivity index (χ4v) is 2.02. The molecule has 0 unspecified atom stereocenters. The number of carboxylic acid groups (broad SMARTS) is 1. The maximum Gasteiger partial charge on any atom is 0.309 e. The summed E-state index contributed by atoms with van der Waals surface area (Å²) in [7, 11) is 0. The Morgan fingerprint density at radius 3 is 2.67 bits per heavy atom. The van der Waals surface area contributed by atoms with Gasteiger partial charge >= 0.3 is 5.97 Å². The first-order chi connectivity index (χ1) is 7.18. The summed E-state index contributed by atoms with van der Waals surface area (Å²) in [5.74, 6) is -0.915. The number of aromatic amines is 1. The zero-order chi connectivity index (χ0) is 10.8. The smallest absolute Gasteiger partial charge is 0.309 e. The predicted octanol–water partition coefficient (Wildman–Crippen LogP) is 0.276. The van der Waals surface area contributed by atoms with Crippen LogP contribution in [0.25, 0.3) is 0 Å². The second-order valence-corrected chi connectivity index (χ2v) is 3.73. The van der Waals surface area contributed by atoms with Gasteiger partial charge in [0, 0.05) is 5.56 Å². The van der Waals surface area contributed by atoms with Crippen LogP contribution in [0.5, 0.6) is 0 Å². The number of rotatable bonds is 2. The summed E-state index contributed by atoms with van der Waals surface area (Å²) < 4.78 is 0. The monoisotopic (exact) mass is 208 g/mol. The number of nitrogens with one attached hydrogen (secondary N) is 1. The van der Waals surface area contributed by atoms with Crippen LogP contribution in [-0.4, -0.2) is 21.3 Å². The highest BCUT2D eigenvalue weighted by atomic mass is 16.4. The third-order valence-electron chi connectivity index (χ3n) is 2.70. The molecular formula is C10H12N2O3. The second-order valence-electron chi connectivity index (χ2n) is 3.73. The van der Waals surface area contributed by atoms with Crippen molar-refractivity contribution < 1.29 is 9.90 Å². The highest BCUT2D eigenvalue weighted by Gasteiger charge is 2.18. The Labute approximate surface area is 86.1 Å². The summed E-state index contributed by atoms with van der Waals surface area (Å²) in [6, 6.07) is 0. The van der Waals surface area contributed by atoms with Crippen molar-refractivity contribution in [2.45, 2.75) is 32.1 Å². The number of nitrogens with zero attached hydrogens (tertiary/aromatic N) is 1. The molecule has 0 fully saturated rings. The third kappa shape index (κ3) is 1.91. The van der Waals surface area contributed by atoms with Crippen molar-refractivity contribution in [1.29, 1.82) is 0 Å².